The standard InChI is InChI=1S/C14H21N3O/c1-11(12-6-5-8-15-10-12)17-13(18)14(2)7-3-4-9-16-14/h5-6,8,10-11,16H,3-4,7,9H2,1-2H3,(H,17,18)/t11-,14?/m0/s1. The molecule has 1 amide bonds. The van der Waals surface area contributed by atoms with Gasteiger partial charge in [-0.1, -0.05) is 6.07 Å². The third-order valence-electron chi connectivity index (χ3n) is 3.65. The number of nitrogens with one attached hydrogen (secondary N) is 2. The van der Waals surface area contributed by atoms with E-state index in [1.54, 1.807) is 12.4 Å². The van der Waals surface area contributed by atoms with Gasteiger partial charge in [-0.25, -0.2) is 0 Å². The zero-order valence-corrected chi connectivity index (χ0v) is 11.1. The summed E-state index contributed by atoms with van der Waals surface area (Å²) in [6, 6.07) is 3.86. The first-order chi connectivity index (χ1) is 8.62. The van der Waals surface area contributed by atoms with Crippen LogP contribution in [0.4, 0.5) is 0 Å². The molecule has 0 saturated carbocycles. The minimum absolute atomic E-state index is 0.00764. The molecule has 18 heavy (non-hydrogen) atoms. The van der Waals surface area contributed by atoms with E-state index in [4.69, 9.17) is 0 Å². The molecule has 2 N–H and O–H groups in total. The monoisotopic (exact) mass is 247 g/mol. The fourth-order valence-corrected chi connectivity index (χ4v) is 2.32. The van der Waals surface area contributed by atoms with Crippen LogP contribution in [0.5, 0.6) is 0 Å². The maximum absolute atomic E-state index is 12.3. The van der Waals surface area contributed by atoms with Gasteiger partial charge in [0.1, 0.15) is 0 Å². The van der Waals surface area contributed by atoms with Crippen molar-refractivity contribution in [3.05, 3.63) is 30.1 Å². The number of carbonyl (C=O) groups excluding carboxylic acids is 1. The maximum Gasteiger partial charge on any atom is 0.240 e. The first kappa shape index (κ1) is 13.0. The van der Waals surface area contributed by atoms with Crippen LogP contribution in [0.15, 0.2) is 24.5 Å². The third kappa shape index (κ3) is 2.88. The first-order valence-electron chi connectivity index (χ1n) is 6.58. The van der Waals surface area contributed by atoms with E-state index in [9.17, 15) is 4.79 Å². The molecule has 4 heteroatoms. The van der Waals surface area contributed by atoms with Crippen LogP contribution in [-0.4, -0.2) is 23.0 Å². The number of piperidine rings is 1. The molecule has 1 aliphatic rings. The summed E-state index contributed by atoms with van der Waals surface area (Å²) in [6.45, 7) is 4.89. The number of hydrogen-bond donors (Lipinski definition) is 2. The van der Waals surface area contributed by atoms with Crippen molar-refractivity contribution < 1.29 is 4.79 Å². The Morgan fingerprint density at radius 3 is 3.00 bits per heavy atom. The third-order valence-corrected chi connectivity index (χ3v) is 3.65. The highest BCUT2D eigenvalue weighted by Gasteiger charge is 2.34. The van der Waals surface area contributed by atoms with Crippen LogP contribution in [-0.2, 0) is 4.79 Å². The number of amides is 1. The lowest BCUT2D eigenvalue weighted by Gasteiger charge is -2.34. The van der Waals surface area contributed by atoms with Crippen LogP contribution in [0.25, 0.3) is 0 Å². The summed E-state index contributed by atoms with van der Waals surface area (Å²) in [6.07, 6.45) is 6.70. The lowest BCUT2D eigenvalue weighted by molar-refractivity contribution is -0.128. The van der Waals surface area contributed by atoms with Gasteiger partial charge in [0.05, 0.1) is 11.6 Å². The van der Waals surface area contributed by atoms with Crippen LogP contribution in [0.1, 0.15) is 44.7 Å². The van der Waals surface area contributed by atoms with Crippen LogP contribution >= 0.6 is 0 Å². The molecule has 0 radical (unpaired) electrons. The quantitative estimate of drug-likeness (QED) is 0.856. The average molecular weight is 247 g/mol. The smallest absolute Gasteiger partial charge is 0.240 e. The molecule has 1 fully saturated rings. The van der Waals surface area contributed by atoms with Crippen molar-refractivity contribution in [2.45, 2.75) is 44.7 Å². The first-order valence-corrected chi connectivity index (χ1v) is 6.58. The van der Waals surface area contributed by atoms with E-state index >= 15 is 0 Å². The minimum Gasteiger partial charge on any atom is -0.348 e. The lowest BCUT2D eigenvalue weighted by Crippen LogP contribution is -2.57. The summed E-state index contributed by atoms with van der Waals surface area (Å²) in [7, 11) is 0. The molecule has 1 aromatic heterocycles. The SMILES string of the molecule is C[C@H](NC(=O)C1(C)CCCCN1)c1cccnc1. The van der Waals surface area contributed by atoms with Gasteiger partial charge in [-0.15, -0.1) is 0 Å². The van der Waals surface area contributed by atoms with Gasteiger partial charge in [0, 0.05) is 12.4 Å². The summed E-state index contributed by atoms with van der Waals surface area (Å²) >= 11 is 0. The Hall–Kier alpha value is -1.42. The van der Waals surface area contributed by atoms with E-state index in [2.05, 4.69) is 15.6 Å². The molecular weight excluding hydrogens is 226 g/mol. The number of pyridine rings is 1. The van der Waals surface area contributed by atoms with E-state index in [-0.39, 0.29) is 11.9 Å². The molecule has 0 aromatic carbocycles. The molecule has 2 heterocycles. The maximum atomic E-state index is 12.3. The largest absolute Gasteiger partial charge is 0.348 e. The summed E-state index contributed by atoms with van der Waals surface area (Å²) in [5, 5.41) is 6.39. The second kappa shape index (κ2) is 5.48. The molecule has 1 unspecified atom stereocenters. The van der Waals surface area contributed by atoms with Gasteiger partial charge in [-0.05, 0) is 51.3 Å². The van der Waals surface area contributed by atoms with Gasteiger partial charge in [-0.2, -0.15) is 0 Å². The van der Waals surface area contributed by atoms with Crippen LogP contribution in [0, 0.1) is 0 Å². The predicted octanol–water partition coefficient (Wildman–Crippen LogP) is 1.79. The van der Waals surface area contributed by atoms with E-state index in [0.29, 0.717) is 0 Å². The molecule has 2 rings (SSSR count). The number of rotatable bonds is 3. The Kier molecular flexibility index (Phi) is 3.97. The molecule has 98 valence electrons. The molecule has 0 spiro atoms. The topological polar surface area (TPSA) is 54.0 Å². The zero-order valence-electron chi connectivity index (χ0n) is 11.1. The second-order valence-corrected chi connectivity index (χ2v) is 5.20. The Labute approximate surface area is 108 Å². The van der Waals surface area contributed by atoms with Crippen molar-refractivity contribution in [3.8, 4) is 0 Å². The molecule has 1 saturated heterocycles. The summed E-state index contributed by atoms with van der Waals surface area (Å²) in [5.41, 5.74) is 0.611. The highest BCUT2D eigenvalue weighted by atomic mass is 16.2. The van der Waals surface area contributed by atoms with E-state index in [1.807, 2.05) is 26.0 Å². The normalized spacial score (nSPS) is 25.4. The molecule has 2 atom stereocenters. The molecule has 0 aliphatic carbocycles. The zero-order chi connectivity index (χ0) is 13.0. The summed E-state index contributed by atoms with van der Waals surface area (Å²) < 4.78 is 0. The fourth-order valence-electron chi connectivity index (χ4n) is 2.32. The molecule has 4 nitrogen and oxygen atoms in total. The van der Waals surface area contributed by atoms with Gasteiger partial charge >= 0.3 is 0 Å². The van der Waals surface area contributed by atoms with Crippen molar-refractivity contribution >= 4 is 5.91 Å². The van der Waals surface area contributed by atoms with Crippen molar-refractivity contribution in [2.24, 2.45) is 0 Å². The minimum atomic E-state index is -0.422. The number of aromatic nitrogens is 1. The summed E-state index contributed by atoms with van der Waals surface area (Å²) in [4.78, 5) is 16.4. The van der Waals surface area contributed by atoms with Crippen LogP contribution < -0.4 is 10.6 Å². The predicted molar refractivity (Wildman–Crippen MR) is 71.1 cm³/mol. The van der Waals surface area contributed by atoms with Crippen LogP contribution in [0.3, 0.4) is 0 Å². The fraction of sp³-hybridized carbons (Fsp3) is 0.571. The Morgan fingerprint density at radius 2 is 2.39 bits per heavy atom. The summed E-state index contributed by atoms with van der Waals surface area (Å²) in [5.74, 6) is 0.0820. The van der Waals surface area contributed by atoms with Crippen LogP contribution in [0.2, 0.25) is 0 Å². The van der Waals surface area contributed by atoms with Gasteiger partial charge in [0.25, 0.3) is 0 Å². The van der Waals surface area contributed by atoms with Crippen molar-refractivity contribution in [3.63, 3.8) is 0 Å². The Bertz CT molecular complexity index is 399. The van der Waals surface area contributed by atoms with Gasteiger partial charge in [0.15, 0.2) is 0 Å². The van der Waals surface area contributed by atoms with Crippen molar-refractivity contribution in [2.75, 3.05) is 6.54 Å². The van der Waals surface area contributed by atoms with E-state index in [1.165, 1.54) is 0 Å². The Morgan fingerprint density at radius 1 is 1.56 bits per heavy atom. The molecule has 1 aromatic rings. The van der Waals surface area contributed by atoms with Crippen molar-refractivity contribution in [1.82, 2.24) is 15.6 Å². The van der Waals surface area contributed by atoms with Gasteiger partial charge in [0.2, 0.25) is 5.91 Å². The lowest BCUT2D eigenvalue weighted by atomic mass is 9.89. The van der Waals surface area contributed by atoms with Crippen molar-refractivity contribution in [1.29, 1.82) is 0 Å². The van der Waals surface area contributed by atoms with E-state index < -0.39 is 5.54 Å². The van der Waals surface area contributed by atoms with Gasteiger partial charge in [-0.3, -0.25) is 9.78 Å². The highest BCUT2D eigenvalue weighted by Crippen LogP contribution is 2.20. The molecular formula is C14H21N3O. The molecule has 1 aliphatic heterocycles. The number of hydrogen-bond acceptors (Lipinski definition) is 3. The number of nitrogens with zero attached hydrogens (tertiary/aromatic N) is 1. The average Bonchev–Trinajstić information content (AvgIpc) is 2.40. The molecule has 0 bridgehead atoms. The van der Waals surface area contributed by atoms with Gasteiger partial charge < -0.3 is 10.6 Å². The highest BCUT2D eigenvalue weighted by molar-refractivity contribution is 5.86. The number of carbonyl (C=O) groups is 1. The second-order valence-electron chi connectivity index (χ2n) is 5.20. The van der Waals surface area contributed by atoms with E-state index in [0.717, 1.165) is 31.4 Å². The Balaban J connectivity index is 1.98.